The van der Waals surface area contributed by atoms with Crippen LogP contribution in [0.2, 0.25) is 0 Å². The molecule has 2 heteroatoms. The molecule has 0 atom stereocenters. The van der Waals surface area contributed by atoms with E-state index in [1.54, 1.807) is 0 Å². The highest BCUT2D eigenvalue weighted by atomic mass is 16.4. The lowest BCUT2D eigenvalue weighted by molar-refractivity contribution is -0.137. The number of unbranched alkanes of at least 4 members (excludes halogenated alkanes) is 27. The van der Waals surface area contributed by atoms with Crippen molar-refractivity contribution in [3.63, 3.8) is 0 Å². The molecule has 0 spiro atoms. The first kappa shape index (κ1) is 37.6. The summed E-state index contributed by atoms with van der Waals surface area (Å²) in [6.07, 6.45) is 40.7. The zero-order valence-electron chi connectivity index (χ0n) is 25.6. The Balaban J connectivity index is 0. The van der Waals surface area contributed by atoms with E-state index in [-0.39, 0.29) is 0 Å². The van der Waals surface area contributed by atoms with Crippen LogP contribution in [0.25, 0.3) is 0 Å². The standard InChI is InChI=1S/C18H38.C16H32O2/c1-3-5-7-9-11-13-15-17-18-16-14-12-10-8-6-4-2;1-2-3-4-5-6-7-8-9-10-11-12-13-14-15-16(17)18/h3-18H2,1-2H3;2-15H2,1H3,(H,17,18). The molecule has 0 aliphatic rings. The number of hydrogen-bond donors (Lipinski definition) is 1. The molecule has 0 aliphatic carbocycles. The Kier molecular flexibility index (Phi) is 38.3. The van der Waals surface area contributed by atoms with Crippen molar-refractivity contribution >= 4 is 5.97 Å². The molecule has 0 heterocycles. The molecule has 0 amide bonds. The van der Waals surface area contributed by atoms with E-state index in [0.29, 0.717) is 6.42 Å². The van der Waals surface area contributed by atoms with E-state index in [1.165, 1.54) is 173 Å². The summed E-state index contributed by atoms with van der Waals surface area (Å²) in [5.74, 6) is -0.655. The fraction of sp³-hybridized carbons (Fsp3) is 0.971. The smallest absolute Gasteiger partial charge is 0.303 e. The average molecular weight is 511 g/mol. The molecular weight excluding hydrogens is 440 g/mol. The minimum Gasteiger partial charge on any atom is -0.481 e. The fourth-order valence-corrected chi connectivity index (χ4v) is 4.92. The van der Waals surface area contributed by atoms with Crippen LogP contribution in [0.3, 0.4) is 0 Å². The predicted molar refractivity (Wildman–Crippen MR) is 163 cm³/mol. The van der Waals surface area contributed by atoms with Crippen LogP contribution in [0.1, 0.15) is 213 Å². The summed E-state index contributed by atoms with van der Waals surface area (Å²) in [4.78, 5) is 10.3. The molecule has 0 aromatic carbocycles. The minimum atomic E-state index is -0.655. The lowest BCUT2D eigenvalue weighted by atomic mass is 10.0. The van der Waals surface area contributed by atoms with E-state index in [1.807, 2.05) is 0 Å². The number of aliphatic carboxylic acids is 1. The second-order valence-electron chi connectivity index (χ2n) is 11.3. The summed E-state index contributed by atoms with van der Waals surface area (Å²) in [5.41, 5.74) is 0. The Hall–Kier alpha value is -0.530. The minimum absolute atomic E-state index is 0.345. The van der Waals surface area contributed by atoms with E-state index in [0.717, 1.165) is 12.8 Å². The van der Waals surface area contributed by atoms with Crippen molar-refractivity contribution in [3.8, 4) is 0 Å². The van der Waals surface area contributed by atoms with E-state index in [2.05, 4.69) is 20.8 Å². The van der Waals surface area contributed by atoms with Crippen molar-refractivity contribution in [2.45, 2.75) is 213 Å². The summed E-state index contributed by atoms with van der Waals surface area (Å²) in [6, 6.07) is 0. The third kappa shape index (κ3) is 40.6. The number of carbonyl (C=O) groups is 1. The van der Waals surface area contributed by atoms with Crippen LogP contribution in [0.4, 0.5) is 0 Å². The number of hydrogen-bond acceptors (Lipinski definition) is 1. The maximum atomic E-state index is 10.3. The van der Waals surface area contributed by atoms with Crippen LogP contribution in [0, 0.1) is 0 Å². The molecule has 218 valence electrons. The average Bonchev–Trinajstić information content (AvgIpc) is 2.87. The molecule has 0 rings (SSSR count). The van der Waals surface area contributed by atoms with Gasteiger partial charge in [-0.3, -0.25) is 4.79 Å². The zero-order chi connectivity index (χ0) is 26.8. The molecule has 0 radical (unpaired) electrons. The number of carboxylic acid groups (broad SMARTS) is 1. The van der Waals surface area contributed by atoms with Gasteiger partial charge >= 0.3 is 5.97 Å². The third-order valence-electron chi connectivity index (χ3n) is 7.45. The highest BCUT2D eigenvalue weighted by Crippen LogP contribution is 2.14. The van der Waals surface area contributed by atoms with Crippen molar-refractivity contribution in [2.24, 2.45) is 0 Å². The van der Waals surface area contributed by atoms with Crippen LogP contribution in [-0.4, -0.2) is 11.1 Å². The number of rotatable bonds is 29. The zero-order valence-corrected chi connectivity index (χ0v) is 25.6. The maximum Gasteiger partial charge on any atom is 0.303 e. The van der Waals surface area contributed by atoms with Gasteiger partial charge in [0.05, 0.1) is 0 Å². The van der Waals surface area contributed by atoms with E-state index >= 15 is 0 Å². The van der Waals surface area contributed by atoms with Gasteiger partial charge in [-0.25, -0.2) is 0 Å². The summed E-state index contributed by atoms with van der Waals surface area (Å²) in [7, 11) is 0. The first-order valence-corrected chi connectivity index (χ1v) is 16.9. The van der Waals surface area contributed by atoms with Crippen LogP contribution in [0.15, 0.2) is 0 Å². The quantitative estimate of drug-likeness (QED) is 0.102. The Morgan fingerprint density at radius 2 is 0.500 bits per heavy atom. The molecule has 0 aromatic rings. The molecule has 0 aliphatic heterocycles. The van der Waals surface area contributed by atoms with Crippen LogP contribution in [0.5, 0.6) is 0 Å². The third-order valence-corrected chi connectivity index (χ3v) is 7.45. The summed E-state index contributed by atoms with van der Waals surface area (Å²) in [6.45, 7) is 6.85. The van der Waals surface area contributed by atoms with Crippen LogP contribution in [-0.2, 0) is 4.79 Å². The SMILES string of the molecule is CCCCCCCCCCCCCCCC(=O)O.CCCCCCCCCCCCCCCCCC. The molecule has 36 heavy (non-hydrogen) atoms. The summed E-state index contributed by atoms with van der Waals surface area (Å²) in [5, 5.41) is 8.49. The van der Waals surface area contributed by atoms with Gasteiger partial charge in [0.25, 0.3) is 0 Å². The molecule has 0 bridgehead atoms. The predicted octanol–water partition coefficient (Wildman–Crippen LogP) is 12.8. The molecule has 0 aromatic heterocycles. The second kappa shape index (κ2) is 36.6. The van der Waals surface area contributed by atoms with Crippen molar-refractivity contribution < 1.29 is 9.90 Å². The molecule has 0 fully saturated rings. The van der Waals surface area contributed by atoms with Crippen molar-refractivity contribution in [1.29, 1.82) is 0 Å². The van der Waals surface area contributed by atoms with Crippen LogP contribution >= 0.6 is 0 Å². The molecule has 0 unspecified atom stereocenters. The fourth-order valence-electron chi connectivity index (χ4n) is 4.92. The van der Waals surface area contributed by atoms with Gasteiger partial charge < -0.3 is 5.11 Å². The van der Waals surface area contributed by atoms with Gasteiger partial charge in [0.2, 0.25) is 0 Å². The topological polar surface area (TPSA) is 37.3 Å². The van der Waals surface area contributed by atoms with E-state index < -0.39 is 5.97 Å². The highest BCUT2D eigenvalue weighted by Gasteiger charge is 1.97. The summed E-state index contributed by atoms with van der Waals surface area (Å²) >= 11 is 0. The first-order chi connectivity index (χ1) is 17.7. The Labute approximate surface area is 229 Å². The lowest BCUT2D eigenvalue weighted by Crippen LogP contribution is -1.93. The van der Waals surface area contributed by atoms with Gasteiger partial charge in [-0.05, 0) is 6.42 Å². The Morgan fingerprint density at radius 3 is 0.667 bits per heavy atom. The molecule has 0 saturated carbocycles. The van der Waals surface area contributed by atoms with Gasteiger partial charge in [-0.1, -0.05) is 201 Å². The van der Waals surface area contributed by atoms with Gasteiger partial charge in [0.1, 0.15) is 0 Å². The van der Waals surface area contributed by atoms with Crippen molar-refractivity contribution in [1.82, 2.24) is 0 Å². The second-order valence-corrected chi connectivity index (χ2v) is 11.3. The first-order valence-electron chi connectivity index (χ1n) is 16.9. The largest absolute Gasteiger partial charge is 0.481 e. The monoisotopic (exact) mass is 511 g/mol. The van der Waals surface area contributed by atoms with Crippen molar-refractivity contribution in [2.75, 3.05) is 0 Å². The molecule has 2 nitrogen and oxygen atoms in total. The maximum absolute atomic E-state index is 10.3. The highest BCUT2D eigenvalue weighted by molar-refractivity contribution is 5.66. The summed E-state index contributed by atoms with van der Waals surface area (Å²) < 4.78 is 0. The Morgan fingerprint density at radius 1 is 0.333 bits per heavy atom. The van der Waals surface area contributed by atoms with Gasteiger partial charge in [0.15, 0.2) is 0 Å². The van der Waals surface area contributed by atoms with E-state index in [9.17, 15) is 4.79 Å². The molecule has 0 saturated heterocycles. The lowest BCUT2D eigenvalue weighted by Gasteiger charge is -2.03. The van der Waals surface area contributed by atoms with Crippen LogP contribution < -0.4 is 0 Å². The van der Waals surface area contributed by atoms with E-state index in [4.69, 9.17) is 5.11 Å². The van der Waals surface area contributed by atoms with Gasteiger partial charge in [-0.2, -0.15) is 0 Å². The normalized spacial score (nSPS) is 10.9. The van der Waals surface area contributed by atoms with Crippen molar-refractivity contribution in [3.05, 3.63) is 0 Å². The Bertz CT molecular complexity index is 363. The van der Waals surface area contributed by atoms with Gasteiger partial charge in [-0.15, -0.1) is 0 Å². The number of carboxylic acids is 1. The molecule has 1 N–H and O–H groups in total. The van der Waals surface area contributed by atoms with Gasteiger partial charge in [0, 0.05) is 6.42 Å². The molecular formula is C34H70O2.